The average molecular weight is 277 g/mol. The minimum absolute atomic E-state index is 0.0267. The SMILES string of the molecule is O=C(O)[C@@H]1[C@H](C(=O)NC2CCCCCC2)[C@H]2C=C[C@H]1C2. The second-order valence-corrected chi connectivity index (χ2v) is 6.54. The first-order valence-corrected chi connectivity index (χ1v) is 7.88. The number of carboxylic acid groups (broad SMARTS) is 1. The number of allylic oxidation sites excluding steroid dienone is 2. The Balaban J connectivity index is 1.66. The lowest BCUT2D eigenvalue weighted by molar-refractivity contribution is -0.148. The Morgan fingerprint density at radius 2 is 1.55 bits per heavy atom. The van der Waals surface area contributed by atoms with Gasteiger partial charge in [0.25, 0.3) is 0 Å². The summed E-state index contributed by atoms with van der Waals surface area (Å²) in [7, 11) is 0. The van der Waals surface area contributed by atoms with Gasteiger partial charge in [-0.05, 0) is 31.1 Å². The predicted octanol–water partition coefficient (Wildman–Crippen LogP) is 2.35. The Morgan fingerprint density at radius 1 is 0.950 bits per heavy atom. The van der Waals surface area contributed by atoms with Crippen LogP contribution in [0.1, 0.15) is 44.9 Å². The van der Waals surface area contributed by atoms with Crippen molar-refractivity contribution in [3.05, 3.63) is 12.2 Å². The second kappa shape index (κ2) is 5.58. The van der Waals surface area contributed by atoms with Crippen molar-refractivity contribution in [3.63, 3.8) is 0 Å². The third kappa shape index (κ3) is 2.48. The van der Waals surface area contributed by atoms with Crippen molar-refractivity contribution in [2.45, 2.75) is 51.0 Å². The second-order valence-electron chi connectivity index (χ2n) is 6.54. The molecular formula is C16H23NO3. The molecule has 3 aliphatic carbocycles. The summed E-state index contributed by atoms with van der Waals surface area (Å²) < 4.78 is 0. The van der Waals surface area contributed by atoms with Crippen LogP contribution in [0.5, 0.6) is 0 Å². The highest BCUT2D eigenvalue weighted by Crippen LogP contribution is 2.48. The molecule has 4 nitrogen and oxygen atoms in total. The first-order valence-electron chi connectivity index (χ1n) is 7.88. The van der Waals surface area contributed by atoms with Gasteiger partial charge in [0, 0.05) is 6.04 Å². The topological polar surface area (TPSA) is 66.4 Å². The van der Waals surface area contributed by atoms with E-state index in [1.165, 1.54) is 25.7 Å². The summed E-state index contributed by atoms with van der Waals surface area (Å²) in [6.45, 7) is 0. The highest BCUT2D eigenvalue weighted by atomic mass is 16.4. The number of fused-ring (bicyclic) bond motifs is 2. The van der Waals surface area contributed by atoms with Crippen LogP contribution < -0.4 is 5.32 Å². The Bertz CT molecular complexity index is 423. The summed E-state index contributed by atoms with van der Waals surface area (Å²) in [6.07, 6.45) is 11.8. The number of carboxylic acids is 1. The fourth-order valence-electron chi connectivity index (χ4n) is 4.24. The number of carbonyl (C=O) groups excluding carboxylic acids is 1. The molecule has 3 rings (SSSR count). The van der Waals surface area contributed by atoms with Gasteiger partial charge < -0.3 is 10.4 Å². The fourth-order valence-corrected chi connectivity index (χ4v) is 4.24. The lowest BCUT2D eigenvalue weighted by Gasteiger charge is -2.26. The van der Waals surface area contributed by atoms with Gasteiger partial charge >= 0.3 is 5.97 Å². The number of amides is 1. The maximum absolute atomic E-state index is 12.5. The van der Waals surface area contributed by atoms with Crippen LogP contribution >= 0.6 is 0 Å². The molecule has 3 aliphatic rings. The molecule has 4 heteroatoms. The molecule has 2 N–H and O–H groups in total. The molecule has 0 aromatic heterocycles. The zero-order valence-corrected chi connectivity index (χ0v) is 11.8. The fraction of sp³-hybridized carbons (Fsp3) is 0.750. The highest BCUT2D eigenvalue weighted by molar-refractivity contribution is 5.87. The van der Waals surface area contributed by atoms with E-state index in [0.29, 0.717) is 0 Å². The monoisotopic (exact) mass is 277 g/mol. The quantitative estimate of drug-likeness (QED) is 0.614. The lowest BCUT2D eigenvalue weighted by Crippen LogP contribution is -2.44. The molecule has 0 aromatic carbocycles. The van der Waals surface area contributed by atoms with E-state index in [0.717, 1.165) is 19.3 Å². The van der Waals surface area contributed by atoms with E-state index in [1.54, 1.807) is 0 Å². The molecule has 0 heterocycles. The summed E-state index contributed by atoms with van der Waals surface area (Å²) in [4.78, 5) is 24.0. The normalized spacial score (nSPS) is 36.8. The van der Waals surface area contributed by atoms with E-state index >= 15 is 0 Å². The van der Waals surface area contributed by atoms with Crippen molar-refractivity contribution in [1.29, 1.82) is 0 Å². The molecule has 0 unspecified atom stereocenters. The van der Waals surface area contributed by atoms with Crippen molar-refractivity contribution in [2.75, 3.05) is 0 Å². The van der Waals surface area contributed by atoms with Gasteiger partial charge in [0.2, 0.25) is 5.91 Å². The third-order valence-electron chi connectivity index (χ3n) is 5.25. The zero-order chi connectivity index (χ0) is 14.1. The summed E-state index contributed by atoms with van der Waals surface area (Å²) in [6, 6.07) is 0.252. The van der Waals surface area contributed by atoms with Crippen LogP contribution in [0.25, 0.3) is 0 Å². The molecular weight excluding hydrogens is 254 g/mol. The number of hydrogen-bond donors (Lipinski definition) is 2. The van der Waals surface area contributed by atoms with Gasteiger partial charge in [0.15, 0.2) is 0 Å². The van der Waals surface area contributed by atoms with E-state index in [2.05, 4.69) is 5.32 Å². The average Bonchev–Trinajstić information content (AvgIpc) is 2.93. The molecule has 0 spiro atoms. The maximum atomic E-state index is 12.5. The van der Waals surface area contributed by atoms with Crippen molar-refractivity contribution in [2.24, 2.45) is 23.7 Å². The van der Waals surface area contributed by atoms with Crippen LogP contribution in [0.3, 0.4) is 0 Å². The van der Waals surface area contributed by atoms with Gasteiger partial charge in [-0.3, -0.25) is 9.59 Å². The highest BCUT2D eigenvalue weighted by Gasteiger charge is 2.51. The Kier molecular flexibility index (Phi) is 3.81. The van der Waals surface area contributed by atoms with Crippen LogP contribution in [0, 0.1) is 23.7 Å². The van der Waals surface area contributed by atoms with E-state index in [9.17, 15) is 14.7 Å². The summed E-state index contributed by atoms with van der Waals surface area (Å²) >= 11 is 0. The van der Waals surface area contributed by atoms with Crippen molar-refractivity contribution >= 4 is 11.9 Å². The van der Waals surface area contributed by atoms with E-state index in [-0.39, 0.29) is 29.7 Å². The Hall–Kier alpha value is -1.32. The number of carbonyl (C=O) groups is 2. The van der Waals surface area contributed by atoms with Crippen LogP contribution in [0.15, 0.2) is 12.2 Å². The van der Waals surface area contributed by atoms with Gasteiger partial charge in [-0.25, -0.2) is 0 Å². The number of rotatable bonds is 3. The molecule has 2 fully saturated rings. The first-order chi connectivity index (χ1) is 9.66. The van der Waals surface area contributed by atoms with Crippen LogP contribution in [0.2, 0.25) is 0 Å². The molecule has 0 aromatic rings. The summed E-state index contributed by atoms with van der Waals surface area (Å²) in [5.41, 5.74) is 0. The van der Waals surface area contributed by atoms with Crippen molar-refractivity contribution in [1.82, 2.24) is 5.32 Å². The van der Waals surface area contributed by atoms with E-state index < -0.39 is 11.9 Å². The summed E-state index contributed by atoms with van der Waals surface area (Å²) in [5.74, 6) is -1.53. The van der Waals surface area contributed by atoms with E-state index in [1.807, 2.05) is 12.2 Å². The van der Waals surface area contributed by atoms with Gasteiger partial charge in [0.1, 0.15) is 0 Å². The Labute approximate surface area is 119 Å². The van der Waals surface area contributed by atoms with Crippen LogP contribution in [0.4, 0.5) is 0 Å². The smallest absolute Gasteiger partial charge is 0.307 e. The number of hydrogen-bond acceptors (Lipinski definition) is 2. The minimum Gasteiger partial charge on any atom is -0.481 e. The Morgan fingerprint density at radius 3 is 2.15 bits per heavy atom. The number of aliphatic carboxylic acids is 1. The lowest BCUT2D eigenvalue weighted by atomic mass is 9.82. The molecule has 0 saturated heterocycles. The molecule has 0 aliphatic heterocycles. The molecule has 20 heavy (non-hydrogen) atoms. The van der Waals surface area contributed by atoms with Crippen LogP contribution in [-0.4, -0.2) is 23.0 Å². The van der Waals surface area contributed by atoms with Crippen LogP contribution in [-0.2, 0) is 9.59 Å². The van der Waals surface area contributed by atoms with Gasteiger partial charge in [-0.1, -0.05) is 37.8 Å². The molecule has 4 atom stereocenters. The molecule has 110 valence electrons. The number of nitrogens with one attached hydrogen (secondary N) is 1. The zero-order valence-electron chi connectivity index (χ0n) is 11.8. The first kappa shape index (κ1) is 13.7. The maximum Gasteiger partial charge on any atom is 0.307 e. The third-order valence-corrected chi connectivity index (χ3v) is 5.25. The summed E-state index contributed by atoms with van der Waals surface area (Å²) in [5, 5.41) is 12.5. The molecule has 2 bridgehead atoms. The van der Waals surface area contributed by atoms with Crippen molar-refractivity contribution in [3.8, 4) is 0 Å². The molecule has 2 saturated carbocycles. The van der Waals surface area contributed by atoms with Gasteiger partial charge in [0.05, 0.1) is 11.8 Å². The largest absolute Gasteiger partial charge is 0.481 e. The van der Waals surface area contributed by atoms with Gasteiger partial charge in [-0.15, -0.1) is 0 Å². The van der Waals surface area contributed by atoms with Crippen molar-refractivity contribution < 1.29 is 14.7 Å². The van der Waals surface area contributed by atoms with Gasteiger partial charge in [-0.2, -0.15) is 0 Å². The standard InChI is InChI=1S/C16H23NO3/c18-15(17-12-5-3-1-2-4-6-12)13-10-7-8-11(9-10)14(13)16(19)20/h7-8,10-14H,1-6,9H2,(H,17,18)(H,19,20)/t10-,11-,13+,14-/m0/s1. The molecule has 0 radical (unpaired) electrons. The molecule has 1 amide bonds. The predicted molar refractivity (Wildman–Crippen MR) is 75.0 cm³/mol. The minimum atomic E-state index is -0.817. The van der Waals surface area contributed by atoms with E-state index in [4.69, 9.17) is 0 Å².